The standard InChI is InChI=1S/C11H18Cl2O2Si/c1-7-5-6-10(15-16(2,3)4)8(7)9(14)11(10,12)13/h7-8H,5-6H2,1-4H3/t7?,8-,10+/m1/s1. The molecule has 0 aliphatic heterocycles. The second-order valence-electron chi connectivity index (χ2n) is 6.04. The smallest absolute Gasteiger partial charge is 0.204 e. The maximum absolute atomic E-state index is 11.9. The lowest BCUT2D eigenvalue weighted by Crippen LogP contribution is -2.72. The lowest BCUT2D eigenvalue weighted by Gasteiger charge is -2.56. The topological polar surface area (TPSA) is 26.3 Å². The Bertz CT molecular complexity index is 337. The Hall–Kier alpha value is 0.427. The average molecular weight is 281 g/mol. The molecule has 2 fully saturated rings. The molecule has 0 heterocycles. The molecular formula is C11H18Cl2O2Si. The Morgan fingerprint density at radius 1 is 1.38 bits per heavy atom. The minimum Gasteiger partial charge on any atom is -0.408 e. The van der Waals surface area contributed by atoms with Gasteiger partial charge in [0.05, 0.1) is 5.92 Å². The van der Waals surface area contributed by atoms with Gasteiger partial charge in [0.25, 0.3) is 0 Å². The molecule has 0 aromatic rings. The Morgan fingerprint density at radius 2 is 1.94 bits per heavy atom. The van der Waals surface area contributed by atoms with E-state index < -0.39 is 18.3 Å². The molecule has 16 heavy (non-hydrogen) atoms. The van der Waals surface area contributed by atoms with Gasteiger partial charge in [-0.3, -0.25) is 4.79 Å². The van der Waals surface area contributed by atoms with Gasteiger partial charge < -0.3 is 4.43 Å². The van der Waals surface area contributed by atoms with Gasteiger partial charge in [0, 0.05) is 0 Å². The van der Waals surface area contributed by atoms with Crippen LogP contribution in [0.1, 0.15) is 19.8 Å². The number of carbonyl (C=O) groups excluding carboxylic acids is 1. The SMILES string of the molecule is CC1CC[C@]2(O[Si](C)(C)C)[C@H]1C(=O)C2(Cl)Cl. The van der Waals surface area contributed by atoms with Crippen LogP contribution in [0.5, 0.6) is 0 Å². The molecule has 0 aromatic carbocycles. The zero-order valence-electron chi connectivity index (χ0n) is 10.1. The molecule has 2 aliphatic rings. The first kappa shape index (κ1) is 12.9. The zero-order chi connectivity index (χ0) is 12.4. The van der Waals surface area contributed by atoms with Gasteiger partial charge in [-0.05, 0) is 38.4 Å². The minimum absolute atomic E-state index is 0.0425. The number of Topliss-reactive ketones (excluding diaryl/α,β-unsaturated/α-hetero) is 1. The summed E-state index contributed by atoms with van der Waals surface area (Å²) in [6.07, 6.45) is 1.78. The number of carbonyl (C=O) groups is 1. The highest BCUT2D eigenvalue weighted by Gasteiger charge is 2.76. The number of halogens is 2. The molecule has 0 spiro atoms. The van der Waals surface area contributed by atoms with Gasteiger partial charge in [0.15, 0.2) is 14.1 Å². The normalized spacial score (nSPS) is 41.8. The van der Waals surface area contributed by atoms with Gasteiger partial charge in [-0.1, -0.05) is 30.1 Å². The van der Waals surface area contributed by atoms with Gasteiger partial charge in [-0.2, -0.15) is 0 Å². The highest BCUT2D eigenvalue weighted by Crippen LogP contribution is 2.64. The fourth-order valence-electron chi connectivity index (χ4n) is 3.10. The Morgan fingerprint density at radius 3 is 2.44 bits per heavy atom. The van der Waals surface area contributed by atoms with E-state index in [1.165, 1.54) is 0 Å². The van der Waals surface area contributed by atoms with Crippen molar-refractivity contribution in [3.8, 4) is 0 Å². The summed E-state index contributed by atoms with van der Waals surface area (Å²) in [5.41, 5.74) is -0.600. The second-order valence-corrected chi connectivity index (χ2v) is 11.8. The van der Waals surface area contributed by atoms with Crippen LogP contribution in [0.25, 0.3) is 0 Å². The quantitative estimate of drug-likeness (QED) is 0.573. The maximum Gasteiger partial charge on any atom is 0.204 e. The molecule has 0 radical (unpaired) electrons. The molecule has 92 valence electrons. The van der Waals surface area contributed by atoms with Crippen LogP contribution in [0.15, 0.2) is 0 Å². The second kappa shape index (κ2) is 3.47. The van der Waals surface area contributed by atoms with Gasteiger partial charge in [-0.25, -0.2) is 0 Å². The van der Waals surface area contributed by atoms with Gasteiger partial charge in [-0.15, -0.1) is 0 Å². The summed E-state index contributed by atoms with van der Waals surface area (Å²) in [6.45, 7) is 8.40. The minimum atomic E-state index is -1.75. The lowest BCUT2D eigenvalue weighted by atomic mass is 9.67. The summed E-state index contributed by atoms with van der Waals surface area (Å²) in [5.74, 6) is 0.211. The zero-order valence-corrected chi connectivity index (χ0v) is 12.7. The van der Waals surface area contributed by atoms with E-state index in [0.29, 0.717) is 5.92 Å². The summed E-state index contributed by atoms with van der Waals surface area (Å²) in [6, 6.07) is 0. The van der Waals surface area contributed by atoms with E-state index in [1.54, 1.807) is 0 Å². The van der Waals surface area contributed by atoms with E-state index in [9.17, 15) is 4.79 Å². The van der Waals surface area contributed by atoms with Crippen molar-refractivity contribution in [2.45, 2.75) is 49.3 Å². The van der Waals surface area contributed by atoms with Crippen molar-refractivity contribution in [2.75, 3.05) is 0 Å². The largest absolute Gasteiger partial charge is 0.408 e. The maximum atomic E-state index is 11.9. The molecule has 2 saturated carbocycles. The first-order chi connectivity index (χ1) is 7.12. The molecule has 0 saturated heterocycles. The highest BCUT2D eigenvalue weighted by molar-refractivity contribution is 6.70. The molecule has 2 rings (SSSR count). The predicted molar refractivity (Wildman–Crippen MR) is 68.5 cm³/mol. The number of alkyl halides is 2. The van der Waals surface area contributed by atoms with E-state index in [0.717, 1.165) is 12.8 Å². The fourth-order valence-corrected chi connectivity index (χ4v) is 5.44. The molecule has 2 nitrogen and oxygen atoms in total. The molecule has 3 atom stereocenters. The number of hydrogen-bond acceptors (Lipinski definition) is 2. The van der Waals surface area contributed by atoms with Crippen LogP contribution in [0, 0.1) is 11.8 Å². The molecule has 0 bridgehead atoms. The Labute approximate surface area is 108 Å². The summed E-state index contributed by atoms with van der Waals surface area (Å²) in [4.78, 5) is 11.9. The number of rotatable bonds is 2. The van der Waals surface area contributed by atoms with Crippen LogP contribution >= 0.6 is 23.2 Å². The van der Waals surface area contributed by atoms with E-state index in [2.05, 4.69) is 26.6 Å². The van der Waals surface area contributed by atoms with Crippen molar-refractivity contribution in [2.24, 2.45) is 11.8 Å². The van der Waals surface area contributed by atoms with Crippen molar-refractivity contribution < 1.29 is 9.22 Å². The third-order valence-corrected chi connectivity index (χ3v) is 5.64. The highest BCUT2D eigenvalue weighted by atomic mass is 35.5. The van der Waals surface area contributed by atoms with E-state index in [4.69, 9.17) is 27.6 Å². The monoisotopic (exact) mass is 280 g/mol. The van der Waals surface area contributed by atoms with E-state index in [-0.39, 0.29) is 11.7 Å². The van der Waals surface area contributed by atoms with Crippen LogP contribution in [0.3, 0.4) is 0 Å². The average Bonchev–Trinajstić information content (AvgIpc) is 2.39. The summed E-state index contributed by atoms with van der Waals surface area (Å²) in [7, 11) is -1.75. The van der Waals surface area contributed by atoms with Crippen LogP contribution in [-0.2, 0) is 9.22 Å². The van der Waals surface area contributed by atoms with Crippen molar-refractivity contribution in [1.29, 1.82) is 0 Å². The molecule has 2 aliphatic carbocycles. The third-order valence-electron chi connectivity index (χ3n) is 3.65. The van der Waals surface area contributed by atoms with Gasteiger partial charge in [0.1, 0.15) is 5.60 Å². The summed E-state index contributed by atoms with van der Waals surface area (Å²) in [5, 5.41) is 0. The number of fused-ring (bicyclic) bond motifs is 1. The molecular weight excluding hydrogens is 263 g/mol. The molecule has 0 amide bonds. The summed E-state index contributed by atoms with van der Waals surface area (Å²) < 4.78 is 4.88. The Kier molecular flexibility index (Phi) is 2.79. The summed E-state index contributed by atoms with van der Waals surface area (Å²) >= 11 is 12.4. The van der Waals surface area contributed by atoms with Crippen LogP contribution in [-0.4, -0.2) is 24.0 Å². The van der Waals surface area contributed by atoms with Crippen molar-refractivity contribution in [3.63, 3.8) is 0 Å². The molecule has 1 unspecified atom stereocenters. The third kappa shape index (κ3) is 1.52. The van der Waals surface area contributed by atoms with Crippen molar-refractivity contribution >= 4 is 37.3 Å². The first-order valence-corrected chi connectivity index (χ1v) is 9.90. The fraction of sp³-hybridized carbons (Fsp3) is 0.909. The molecule has 0 N–H and O–H groups in total. The van der Waals surface area contributed by atoms with E-state index in [1.807, 2.05) is 0 Å². The molecule has 5 heteroatoms. The van der Waals surface area contributed by atoms with Gasteiger partial charge >= 0.3 is 0 Å². The van der Waals surface area contributed by atoms with E-state index >= 15 is 0 Å². The first-order valence-electron chi connectivity index (χ1n) is 5.74. The van der Waals surface area contributed by atoms with Crippen LogP contribution in [0.2, 0.25) is 19.6 Å². The van der Waals surface area contributed by atoms with Crippen molar-refractivity contribution in [1.82, 2.24) is 0 Å². The molecule has 0 aromatic heterocycles. The number of hydrogen-bond donors (Lipinski definition) is 0. The predicted octanol–water partition coefficient (Wildman–Crippen LogP) is 3.38. The van der Waals surface area contributed by atoms with Gasteiger partial charge in [0.2, 0.25) is 4.33 Å². The van der Waals surface area contributed by atoms with Crippen molar-refractivity contribution in [3.05, 3.63) is 0 Å². The lowest BCUT2D eigenvalue weighted by molar-refractivity contribution is -0.154. The van der Waals surface area contributed by atoms with Crippen LogP contribution < -0.4 is 0 Å². The van der Waals surface area contributed by atoms with Crippen LogP contribution in [0.4, 0.5) is 0 Å². The number of ketones is 1. The Balaban J connectivity index is 2.34.